The second-order valence-electron chi connectivity index (χ2n) is 5.27. The number of ether oxygens (including phenoxy) is 2. The zero-order chi connectivity index (χ0) is 16.7. The van der Waals surface area contributed by atoms with Crippen LogP contribution in [0.5, 0.6) is 0 Å². The molecule has 1 aromatic carbocycles. The van der Waals surface area contributed by atoms with E-state index in [1.165, 1.54) is 16.8 Å². The first-order valence-electron chi connectivity index (χ1n) is 6.86. The van der Waals surface area contributed by atoms with Gasteiger partial charge in [-0.05, 0) is 18.2 Å². The van der Waals surface area contributed by atoms with E-state index in [4.69, 9.17) is 14.6 Å². The van der Waals surface area contributed by atoms with Crippen LogP contribution in [0.1, 0.15) is 5.56 Å². The first kappa shape index (κ1) is 14.9. The lowest BCUT2D eigenvalue weighted by atomic mass is 10.1. The maximum absolute atomic E-state index is 12.0. The van der Waals surface area contributed by atoms with Crippen molar-refractivity contribution in [2.45, 2.75) is 12.8 Å². The summed E-state index contributed by atoms with van der Waals surface area (Å²) in [6.45, 7) is 0.212. The molecule has 0 aromatic heterocycles. The molecule has 0 radical (unpaired) electrons. The van der Waals surface area contributed by atoms with Crippen LogP contribution in [0.2, 0.25) is 0 Å². The van der Waals surface area contributed by atoms with Crippen molar-refractivity contribution in [1.29, 1.82) is 0 Å². The average Bonchev–Trinajstić information content (AvgIpc) is 2.91. The molecule has 0 bridgehead atoms. The van der Waals surface area contributed by atoms with Crippen LogP contribution < -0.4 is 9.80 Å². The molecule has 2 heterocycles. The highest BCUT2D eigenvalue weighted by Gasteiger charge is 2.37. The quantitative estimate of drug-likeness (QED) is 0.889. The van der Waals surface area contributed by atoms with Gasteiger partial charge in [-0.2, -0.15) is 0 Å². The number of cyclic esters (lactones) is 2. The van der Waals surface area contributed by atoms with Crippen LogP contribution >= 0.6 is 0 Å². The Balaban J connectivity index is 1.84. The lowest BCUT2D eigenvalue weighted by Gasteiger charge is -2.26. The van der Waals surface area contributed by atoms with Gasteiger partial charge in [0, 0.05) is 25.3 Å². The molecular weight excluding hydrogens is 306 g/mol. The minimum atomic E-state index is -1.18. The summed E-state index contributed by atoms with van der Waals surface area (Å²) in [4.78, 5) is 38.1. The van der Waals surface area contributed by atoms with Gasteiger partial charge < -0.3 is 14.6 Å². The third-order valence-corrected chi connectivity index (χ3v) is 3.89. The molecule has 0 saturated carbocycles. The van der Waals surface area contributed by atoms with Gasteiger partial charge in [0.15, 0.2) is 6.23 Å². The minimum Gasteiger partial charge on any atom is -0.465 e. The number of hydrogen-bond donors (Lipinski definition) is 1. The Bertz CT molecular complexity index is 691. The van der Waals surface area contributed by atoms with Gasteiger partial charge in [-0.1, -0.05) is 0 Å². The van der Waals surface area contributed by atoms with Crippen LogP contribution in [-0.4, -0.2) is 55.2 Å². The first-order chi connectivity index (χ1) is 10.9. The fourth-order valence-corrected chi connectivity index (χ4v) is 2.50. The second-order valence-corrected chi connectivity index (χ2v) is 5.27. The SMILES string of the molecule is CN1C(=O)OCc2cc(N3CC(N(C)C(=O)O)OC3=O)ccc21. The summed E-state index contributed by atoms with van der Waals surface area (Å²) in [7, 11) is 2.94. The summed E-state index contributed by atoms with van der Waals surface area (Å²) in [6, 6.07) is 5.12. The number of hydrogen-bond acceptors (Lipinski definition) is 5. The van der Waals surface area contributed by atoms with E-state index in [0.29, 0.717) is 11.4 Å². The molecule has 23 heavy (non-hydrogen) atoms. The number of rotatable bonds is 2. The van der Waals surface area contributed by atoms with E-state index in [0.717, 1.165) is 10.5 Å². The van der Waals surface area contributed by atoms with Crippen molar-refractivity contribution in [3.63, 3.8) is 0 Å². The topological polar surface area (TPSA) is 99.6 Å². The molecule has 0 aliphatic carbocycles. The van der Waals surface area contributed by atoms with Gasteiger partial charge in [0.2, 0.25) is 0 Å². The van der Waals surface area contributed by atoms with Crippen LogP contribution in [0.25, 0.3) is 0 Å². The van der Waals surface area contributed by atoms with Crippen molar-refractivity contribution in [2.24, 2.45) is 0 Å². The summed E-state index contributed by atoms with van der Waals surface area (Å²) in [5.41, 5.74) is 2.02. The smallest absolute Gasteiger partial charge is 0.416 e. The predicted octanol–water partition coefficient (Wildman–Crippen LogP) is 1.67. The van der Waals surface area contributed by atoms with E-state index in [1.54, 1.807) is 25.2 Å². The Morgan fingerprint density at radius 3 is 2.78 bits per heavy atom. The van der Waals surface area contributed by atoms with E-state index in [9.17, 15) is 14.4 Å². The highest BCUT2D eigenvalue weighted by atomic mass is 16.6. The summed E-state index contributed by atoms with van der Waals surface area (Å²) in [5.74, 6) is 0. The molecule has 9 nitrogen and oxygen atoms in total. The molecule has 122 valence electrons. The highest BCUT2D eigenvalue weighted by molar-refractivity contribution is 5.93. The van der Waals surface area contributed by atoms with Crippen LogP contribution in [-0.2, 0) is 16.1 Å². The summed E-state index contributed by atoms with van der Waals surface area (Å²) in [6.07, 6.45) is -3.10. The monoisotopic (exact) mass is 321 g/mol. The van der Waals surface area contributed by atoms with Crippen LogP contribution in [0.3, 0.4) is 0 Å². The molecular formula is C14H15N3O6. The summed E-state index contributed by atoms with van der Waals surface area (Å²) in [5, 5.41) is 8.96. The van der Waals surface area contributed by atoms with Crippen molar-refractivity contribution < 1.29 is 29.0 Å². The molecule has 1 N–H and O–H groups in total. The zero-order valence-electron chi connectivity index (χ0n) is 12.6. The Kier molecular flexibility index (Phi) is 3.47. The van der Waals surface area contributed by atoms with Crippen molar-refractivity contribution in [2.75, 3.05) is 30.4 Å². The van der Waals surface area contributed by atoms with Crippen molar-refractivity contribution in [1.82, 2.24) is 4.90 Å². The molecule has 1 atom stereocenters. The molecule has 0 spiro atoms. The van der Waals surface area contributed by atoms with Gasteiger partial charge in [0.05, 0.1) is 12.2 Å². The van der Waals surface area contributed by atoms with Gasteiger partial charge in [0.25, 0.3) is 0 Å². The number of benzene rings is 1. The largest absolute Gasteiger partial charge is 0.465 e. The summed E-state index contributed by atoms with van der Waals surface area (Å²) >= 11 is 0. The lowest BCUT2D eigenvalue weighted by molar-refractivity contribution is 0.0415. The number of carbonyl (C=O) groups is 3. The maximum atomic E-state index is 12.0. The fraction of sp³-hybridized carbons (Fsp3) is 0.357. The van der Waals surface area contributed by atoms with Crippen molar-refractivity contribution >= 4 is 29.7 Å². The number of anilines is 2. The lowest BCUT2D eigenvalue weighted by Crippen LogP contribution is -2.38. The number of amides is 3. The maximum Gasteiger partial charge on any atom is 0.416 e. The molecule has 1 aromatic rings. The van der Waals surface area contributed by atoms with Crippen LogP contribution in [0.15, 0.2) is 18.2 Å². The first-order valence-corrected chi connectivity index (χ1v) is 6.86. The Morgan fingerprint density at radius 2 is 2.09 bits per heavy atom. The zero-order valence-corrected chi connectivity index (χ0v) is 12.6. The molecule has 1 fully saturated rings. The van der Waals surface area contributed by atoms with E-state index in [-0.39, 0.29) is 13.2 Å². The van der Waals surface area contributed by atoms with E-state index in [1.807, 2.05) is 0 Å². The fourth-order valence-electron chi connectivity index (χ4n) is 2.50. The Labute approximate surface area is 131 Å². The van der Waals surface area contributed by atoms with Crippen molar-refractivity contribution in [3.05, 3.63) is 23.8 Å². The van der Waals surface area contributed by atoms with Crippen LogP contribution in [0.4, 0.5) is 25.8 Å². The standard InChI is InChI=1S/C14H15N3O6/c1-15-10-4-3-9(5-8(10)7-22-13(15)20)17-6-11(23-14(17)21)16(2)12(18)19/h3-5,11H,6-7H2,1-2H3,(H,18,19). The molecule has 1 saturated heterocycles. The van der Waals surface area contributed by atoms with E-state index in [2.05, 4.69) is 0 Å². The minimum absolute atomic E-state index is 0.0933. The number of fused-ring (bicyclic) bond motifs is 1. The van der Waals surface area contributed by atoms with Gasteiger partial charge in [-0.3, -0.25) is 14.7 Å². The normalized spacial score (nSPS) is 20.0. The molecule has 3 rings (SSSR count). The third-order valence-electron chi connectivity index (χ3n) is 3.89. The predicted molar refractivity (Wildman–Crippen MR) is 78.4 cm³/mol. The van der Waals surface area contributed by atoms with Crippen molar-refractivity contribution in [3.8, 4) is 0 Å². The van der Waals surface area contributed by atoms with E-state index < -0.39 is 24.5 Å². The number of likely N-dealkylation sites (N-methyl/N-ethyl adjacent to an activating group) is 1. The highest BCUT2D eigenvalue weighted by Crippen LogP contribution is 2.31. The van der Waals surface area contributed by atoms with Gasteiger partial charge >= 0.3 is 18.3 Å². The van der Waals surface area contributed by atoms with E-state index >= 15 is 0 Å². The Hall–Kier alpha value is -2.97. The average molecular weight is 321 g/mol. The molecule has 2 aliphatic rings. The molecule has 3 amide bonds. The number of carbonyl (C=O) groups excluding carboxylic acids is 2. The number of carboxylic acid groups (broad SMARTS) is 1. The molecule has 2 aliphatic heterocycles. The molecule has 9 heteroatoms. The van der Waals surface area contributed by atoms with Gasteiger partial charge in [0.1, 0.15) is 6.61 Å². The van der Waals surface area contributed by atoms with Crippen LogP contribution in [0, 0.1) is 0 Å². The third kappa shape index (κ3) is 2.50. The second kappa shape index (κ2) is 5.34. The van der Waals surface area contributed by atoms with Gasteiger partial charge in [-0.15, -0.1) is 0 Å². The van der Waals surface area contributed by atoms with Gasteiger partial charge in [-0.25, -0.2) is 14.4 Å². The number of nitrogens with zero attached hydrogens (tertiary/aromatic N) is 3. The molecule has 1 unspecified atom stereocenters. The summed E-state index contributed by atoms with van der Waals surface area (Å²) < 4.78 is 10.1. The Morgan fingerprint density at radius 1 is 1.35 bits per heavy atom.